The third-order valence-electron chi connectivity index (χ3n) is 2.58. The molecular formula is C12H11N3OS2. The first-order valence-electron chi connectivity index (χ1n) is 5.60. The molecule has 0 atom stereocenters. The van der Waals surface area contributed by atoms with Crippen LogP contribution in [0.15, 0.2) is 45.4 Å². The molecule has 0 saturated heterocycles. The summed E-state index contributed by atoms with van der Waals surface area (Å²) in [6, 6.07) is 7.43. The van der Waals surface area contributed by atoms with Crippen LogP contribution < -0.4 is 5.56 Å². The average molecular weight is 277 g/mol. The first-order chi connectivity index (χ1) is 8.83. The predicted molar refractivity (Wildman–Crippen MR) is 73.0 cm³/mol. The molecule has 1 aliphatic heterocycles. The van der Waals surface area contributed by atoms with Crippen molar-refractivity contribution in [3.05, 3.63) is 46.5 Å². The Morgan fingerprint density at radius 3 is 3.22 bits per heavy atom. The highest BCUT2D eigenvalue weighted by molar-refractivity contribution is 7.99. The zero-order valence-corrected chi connectivity index (χ0v) is 11.2. The van der Waals surface area contributed by atoms with Gasteiger partial charge < -0.3 is 0 Å². The fourth-order valence-corrected chi connectivity index (χ4v) is 3.46. The van der Waals surface area contributed by atoms with Gasteiger partial charge in [0.1, 0.15) is 0 Å². The summed E-state index contributed by atoms with van der Waals surface area (Å²) in [4.78, 5) is 20.6. The molecule has 3 heterocycles. The van der Waals surface area contributed by atoms with Crippen molar-refractivity contribution in [1.82, 2.24) is 14.5 Å². The number of rotatable bonds is 3. The number of hydrogen-bond donors (Lipinski definition) is 0. The normalized spacial score (nSPS) is 13.6. The van der Waals surface area contributed by atoms with Crippen LogP contribution in [0.5, 0.6) is 0 Å². The van der Waals surface area contributed by atoms with E-state index in [1.807, 2.05) is 18.2 Å². The molecule has 18 heavy (non-hydrogen) atoms. The topological polar surface area (TPSA) is 47.8 Å². The Morgan fingerprint density at radius 2 is 2.39 bits per heavy atom. The van der Waals surface area contributed by atoms with E-state index in [-0.39, 0.29) is 5.56 Å². The van der Waals surface area contributed by atoms with Crippen LogP contribution in [0.4, 0.5) is 0 Å². The van der Waals surface area contributed by atoms with Gasteiger partial charge in [-0.2, -0.15) is 0 Å². The minimum absolute atomic E-state index is 0.0571. The van der Waals surface area contributed by atoms with Gasteiger partial charge in [-0.15, -0.1) is 11.8 Å². The molecule has 0 amide bonds. The summed E-state index contributed by atoms with van der Waals surface area (Å²) in [5.41, 5.74) is 0.887. The lowest BCUT2D eigenvalue weighted by atomic mass is 10.4. The summed E-state index contributed by atoms with van der Waals surface area (Å²) in [7, 11) is 0. The summed E-state index contributed by atoms with van der Waals surface area (Å²) in [6.45, 7) is 0.777. The Morgan fingerprint density at radius 1 is 1.44 bits per heavy atom. The van der Waals surface area contributed by atoms with Gasteiger partial charge in [-0.25, -0.2) is 9.97 Å². The molecule has 2 aromatic heterocycles. The Hall–Kier alpha value is -1.27. The molecule has 6 heteroatoms. The standard InChI is InChI=1S/C12H11N3OS2/c16-11-7-9(14-12-15(11)5-6-17-12)8-18-10-3-1-2-4-13-10/h1-4,7H,5-6,8H2. The van der Waals surface area contributed by atoms with E-state index in [9.17, 15) is 4.79 Å². The van der Waals surface area contributed by atoms with Gasteiger partial charge in [-0.1, -0.05) is 17.8 Å². The summed E-state index contributed by atoms with van der Waals surface area (Å²) >= 11 is 3.24. The van der Waals surface area contributed by atoms with Gasteiger partial charge in [-0.05, 0) is 12.1 Å². The van der Waals surface area contributed by atoms with E-state index < -0.39 is 0 Å². The van der Waals surface area contributed by atoms with Crippen molar-refractivity contribution in [3.8, 4) is 0 Å². The monoisotopic (exact) mass is 277 g/mol. The summed E-state index contributed by atoms with van der Waals surface area (Å²) in [5, 5.41) is 1.80. The van der Waals surface area contributed by atoms with E-state index in [2.05, 4.69) is 9.97 Å². The smallest absolute Gasteiger partial charge is 0.254 e. The van der Waals surface area contributed by atoms with Gasteiger partial charge in [0.05, 0.1) is 10.7 Å². The Kier molecular flexibility index (Phi) is 3.38. The van der Waals surface area contributed by atoms with E-state index in [0.29, 0.717) is 5.75 Å². The summed E-state index contributed by atoms with van der Waals surface area (Å²) in [6.07, 6.45) is 1.77. The molecule has 92 valence electrons. The third kappa shape index (κ3) is 2.44. The van der Waals surface area contributed by atoms with Crippen molar-refractivity contribution >= 4 is 23.5 Å². The SMILES string of the molecule is O=c1cc(CSc2ccccn2)nc2n1CCS2. The molecule has 2 aromatic rings. The number of pyridine rings is 1. The van der Waals surface area contributed by atoms with E-state index in [1.54, 1.807) is 40.4 Å². The van der Waals surface area contributed by atoms with Crippen LogP contribution in [0.3, 0.4) is 0 Å². The van der Waals surface area contributed by atoms with Crippen molar-refractivity contribution < 1.29 is 0 Å². The predicted octanol–water partition coefficient (Wildman–Crippen LogP) is 2.04. The number of fused-ring (bicyclic) bond motifs is 1. The fraction of sp³-hybridized carbons (Fsp3) is 0.250. The van der Waals surface area contributed by atoms with Crippen molar-refractivity contribution in [1.29, 1.82) is 0 Å². The van der Waals surface area contributed by atoms with Crippen LogP contribution in [0.2, 0.25) is 0 Å². The van der Waals surface area contributed by atoms with Crippen molar-refractivity contribution in [3.63, 3.8) is 0 Å². The molecule has 1 aliphatic rings. The molecule has 0 spiro atoms. The first-order valence-corrected chi connectivity index (χ1v) is 7.57. The minimum atomic E-state index is 0.0571. The zero-order chi connectivity index (χ0) is 12.4. The van der Waals surface area contributed by atoms with Gasteiger partial charge in [0.15, 0.2) is 5.16 Å². The molecule has 0 bridgehead atoms. The Balaban J connectivity index is 1.78. The van der Waals surface area contributed by atoms with Crippen LogP contribution >= 0.6 is 23.5 Å². The Bertz CT molecular complexity index is 612. The maximum absolute atomic E-state index is 11.8. The number of aromatic nitrogens is 3. The lowest BCUT2D eigenvalue weighted by molar-refractivity contribution is 0.648. The van der Waals surface area contributed by atoms with E-state index in [0.717, 1.165) is 28.2 Å². The van der Waals surface area contributed by atoms with Crippen LogP contribution in [0.25, 0.3) is 0 Å². The zero-order valence-electron chi connectivity index (χ0n) is 9.57. The van der Waals surface area contributed by atoms with Gasteiger partial charge in [0.25, 0.3) is 5.56 Å². The molecular weight excluding hydrogens is 266 g/mol. The van der Waals surface area contributed by atoms with Crippen LogP contribution in [-0.4, -0.2) is 20.3 Å². The summed E-state index contributed by atoms with van der Waals surface area (Å²) in [5.74, 6) is 1.62. The van der Waals surface area contributed by atoms with Crippen LogP contribution in [0.1, 0.15) is 5.69 Å². The van der Waals surface area contributed by atoms with E-state index in [1.165, 1.54) is 0 Å². The average Bonchev–Trinajstić information content (AvgIpc) is 2.86. The molecule has 0 aromatic carbocycles. The minimum Gasteiger partial charge on any atom is -0.287 e. The van der Waals surface area contributed by atoms with Gasteiger partial charge >= 0.3 is 0 Å². The molecule has 4 nitrogen and oxygen atoms in total. The second kappa shape index (κ2) is 5.16. The quantitative estimate of drug-likeness (QED) is 0.634. The number of hydrogen-bond acceptors (Lipinski definition) is 5. The maximum atomic E-state index is 11.8. The highest BCUT2D eigenvalue weighted by Gasteiger charge is 2.15. The van der Waals surface area contributed by atoms with Gasteiger partial charge in [0, 0.05) is 30.3 Å². The number of thioether (sulfide) groups is 2. The van der Waals surface area contributed by atoms with Crippen molar-refractivity contribution in [2.24, 2.45) is 0 Å². The van der Waals surface area contributed by atoms with Crippen LogP contribution in [-0.2, 0) is 12.3 Å². The first kappa shape index (κ1) is 11.8. The third-order valence-corrected chi connectivity index (χ3v) is 4.51. The molecule has 0 unspecified atom stereocenters. The van der Waals surface area contributed by atoms with Crippen molar-refractivity contribution in [2.45, 2.75) is 22.5 Å². The lowest BCUT2D eigenvalue weighted by Gasteiger charge is -2.04. The molecule has 0 N–H and O–H groups in total. The fourth-order valence-electron chi connectivity index (χ4n) is 1.73. The molecule has 0 saturated carbocycles. The highest BCUT2D eigenvalue weighted by Crippen LogP contribution is 2.23. The lowest BCUT2D eigenvalue weighted by Crippen LogP contribution is -2.20. The molecule has 0 fully saturated rings. The maximum Gasteiger partial charge on any atom is 0.254 e. The second-order valence-electron chi connectivity index (χ2n) is 3.83. The van der Waals surface area contributed by atoms with Crippen molar-refractivity contribution in [2.75, 3.05) is 5.75 Å². The largest absolute Gasteiger partial charge is 0.287 e. The Labute approximate surface area is 113 Å². The number of nitrogens with zero attached hydrogens (tertiary/aromatic N) is 3. The van der Waals surface area contributed by atoms with E-state index in [4.69, 9.17) is 0 Å². The van der Waals surface area contributed by atoms with Gasteiger partial charge in [0.2, 0.25) is 0 Å². The van der Waals surface area contributed by atoms with Crippen LogP contribution in [0, 0.1) is 0 Å². The molecule has 0 aliphatic carbocycles. The summed E-state index contributed by atoms with van der Waals surface area (Å²) < 4.78 is 1.74. The highest BCUT2D eigenvalue weighted by atomic mass is 32.2. The van der Waals surface area contributed by atoms with Gasteiger partial charge in [-0.3, -0.25) is 9.36 Å². The van der Waals surface area contributed by atoms with E-state index >= 15 is 0 Å². The molecule has 0 radical (unpaired) electrons. The molecule has 3 rings (SSSR count). The second-order valence-corrected chi connectivity index (χ2v) is 5.88.